The van der Waals surface area contributed by atoms with Crippen LogP contribution in [0.2, 0.25) is 0 Å². The Balaban J connectivity index is 2.47. The second kappa shape index (κ2) is 6.71. The first-order chi connectivity index (χ1) is 7.99. The Morgan fingerprint density at radius 1 is 1.59 bits per heavy atom. The molecule has 0 spiro atoms. The molecule has 0 aliphatic carbocycles. The summed E-state index contributed by atoms with van der Waals surface area (Å²) < 4.78 is 14.1. The van der Waals surface area contributed by atoms with Gasteiger partial charge in [0.1, 0.15) is 5.82 Å². The quantitative estimate of drug-likeness (QED) is 0.878. The lowest BCUT2D eigenvalue weighted by molar-refractivity contribution is -0.116. The van der Waals surface area contributed by atoms with E-state index < -0.39 is 5.82 Å². The molecule has 17 heavy (non-hydrogen) atoms. The molecule has 0 fully saturated rings. The average molecular weight is 303 g/mol. The number of carbonyl (C=O) groups excluding carboxylic acids is 1. The van der Waals surface area contributed by atoms with Crippen LogP contribution in [-0.2, 0) is 4.79 Å². The third-order valence-electron chi connectivity index (χ3n) is 2.27. The smallest absolute Gasteiger partial charge is 0.224 e. The predicted octanol–water partition coefficient (Wildman–Crippen LogP) is 3.04. The fraction of sp³-hybridized carbons (Fsp3) is 0.417. The fourth-order valence-corrected chi connectivity index (χ4v) is 1.75. The molecule has 0 saturated heterocycles. The van der Waals surface area contributed by atoms with Crippen LogP contribution >= 0.6 is 15.9 Å². The Kier molecular flexibility index (Phi) is 5.58. The Labute approximate surface area is 109 Å². The molecular weight excluding hydrogens is 287 g/mol. The van der Waals surface area contributed by atoms with E-state index in [0.717, 1.165) is 10.9 Å². The van der Waals surface area contributed by atoms with Gasteiger partial charge in [0.2, 0.25) is 5.91 Å². The minimum absolute atomic E-state index is 0.0883. The van der Waals surface area contributed by atoms with Crippen LogP contribution in [0.1, 0.15) is 26.2 Å². The Hall–Kier alpha value is -0.940. The molecule has 0 aromatic heterocycles. The zero-order valence-corrected chi connectivity index (χ0v) is 11.3. The summed E-state index contributed by atoms with van der Waals surface area (Å²) in [5.74, 6) is -0.628. The lowest BCUT2D eigenvalue weighted by atomic mass is 10.1. The van der Waals surface area contributed by atoms with Gasteiger partial charge in [-0.2, -0.15) is 0 Å². The molecule has 0 bridgehead atoms. The van der Waals surface area contributed by atoms with Gasteiger partial charge in [0, 0.05) is 16.9 Å². The normalized spacial score (nSPS) is 12.2. The summed E-state index contributed by atoms with van der Waals surface area (Å²) in [6, 6.07) is 4.52. The molecule has 1 unspecified atom stereocenters. The summed E-state index contributed by atoms with van der Waals surface area (Å²) >= 11 is 3.22. The standard InChI is InChI=1S/C12H16BrFN2O/c1-8(15)3-2-4-12(17)16-11-7-9(13)5-6-10(11)14/h5-8H,2-4,15H2,1H3,(H,16,17). The van der Waals surface area contributed by atoms with Gasteiger partial charge in [-0.05, 0) is 38.0 Å². The fourth-order valence-electron chi connectivity index (χ4n) is 1.39. The number of halogens is 2. The van der Waals surface area contributed by atoms with Crippen molar-refractivity contribution in [2.45, 2.75) is 32.2 Å². The molecule has 1 aromatic rings. The highest BCUT2D eigenvalue weighted by Gasteiger charge is 2.07. The van der Waals surface area contributed by atoms with E-state index in [0.29, 0.717) is 12.8 Å². The summed E-state index contributed by atoms with van der Waals surface area (Å²) in [5.41, 5.74) is 5.78. The van der Waals surface area contributed by atoms with Crippen LogP contribution in [0.25, 0.3) is 0 Å². The van der Waals surface area contributed by atoms with Gasteiger partial charge in [-0.15, -0.1) is 0 Å². The van der Waals surface area contributed by atoms with E-state index in [1.165, 1.54) is 6.07 Å². The highest BCUT2D eigenvalue weighted by Crippen LogP contribution is 2.20. The highest BCUT2D eigenvalue weighted by atomic mass is 79.9. The van der Waals surface area contributed by atoms with Crippen LogP contribution in [0.5, 0.6) is 0 Å². The topological polar surface area (TPSA) is 55.1 Å². The predicted molar refractivity (Wildman–Crippen MR) is 70.2 cm³/mol. The van der Waals surface area contributed by atoms with Gasteiger partial charge in [-0.25, -0.2) is 4.39 Å². The molecule has 94 valence electrons. The lowest BCUT2D eigenvalue weighted by Crippen LogP contribution is -2.17. The van der Waals surface area contributed by atoms with E-state index in [1.54, 1.807) is 12.1 Å². The van der Waals surface area contributed by atoms with Crippen molar-refractivity contribution in [3.63, 3.8) is 0 Å². The SMILES string of the molecule is CC(N)CCCC(=O)Nc1cc(Br)ccc1F. The average Bonchev–Trinajstić information content (AvgIpc) is 2.23. The van der Waals surface area contributed by atoms with Crippen molar-refractivity contribution >= 4 is 27.5 Å². The van der Waals surface area contributed by atoms with Crippen molar-refractivity contribution < 1.29 is 9.18 Å². The van der Waals surface area contributed by atoms with Crippen LogP contribution in [0.4, 0.5) is 10.1 Å². The maximum atomic E-state index is 13.3. The number of hydrogen-bond donors (Lipinski definition) is 2. The second-order valence-corrected chi connectivity index (χ2v) is 4.96. The van der Waals surface area contributed by atoms with Crippen LogP contribution in [0.3, 0.4) is 0 Å². The number of anilines is 1. The summed E-state index contributed by atoms with van der Waals surface area (Å²) in [4.78, 5) is 11.5. The van der Waals surface area contributed by atoms with Crippen molar-refractivity contribution in [3.8, 4) is 0 Å². The number of carbonyl (C=O) groups is 1. The van der Waals surface area contributed by atoms with Gasteiger partial charge in [0.15, 0.2) is 0 Å². The summed E-state index contributed by atoms with van der Waals surface area (Å²) in [6.07, 6.45) is 1.85. The van der Waals surface area contributed by atoms with Gasteiger partial charge < -0.3 is 11.1 Å². The molecule has 0 radical (unpaired) electrons. The van der Waals surface area contributed by atoms with E-state index in [9.17, 15) is 9.18 Å². The molecule has 0 aliphatic rings. The maximum absolute atomic E-state index is 13.3. The second-order valence-electron chi connectivity index (χ2n) is 4.04. The molecule has 0 aliphatic heterocycles. The van der Waals surface area contributed by atoms with E-state index in [-0.39, 0.29) is 17.6 Å². The van der Waals surface area contributed by atoms with Crippen molar-refractivity contribution in [3.05, 3.63) is 28.5 Å². The Bertz CT molecular complexity index is 396. The number of rotatable bonds is 5. The van der Waals surface area contributed by atoms with Crippen LogP contribution < -0.4 is 11.1 Å². The van der Waals surface area contributed by atoms with E-state index >= 15 is 0 Å². The minimum atomic E-state index is -0.436. The van der Waals surface area contributed by atoms with Gasteiger partial charge in [0.05, 0.1) is 5.69 Å². The first kappa shape index (κ1) is 14.1. The zero-order valence-electron chi connectivity index (χ0n) is 9.67. The third kappa shape index (κ3) is 5.28. The van der Waals surface area contributed by atoms with Crippen molar-refractivity contribution in [2.24, 2.45) is 5.73 Å². The van der Waals surface area contributed by atoms with E-state index in [4.69, 9.17) is 5.73 Å². The third-order valence-corrected chi connectivity index (χ3v) is 2.76. The molecule has 3 nitrogen and oxygen atoms in total. The number of amides is 1. The molecule has 0 heterocycles. The molecule has 1 aromatic carbocycles. The number of nitrogens with one attached hydrogen (secondary N) is 1. The van der Waals surface area contributed by atoms with E-state index in [2.05, 4.69) is 21.2 Å². The zero-order chi connectivity index (χ0) is 12.8. The maximum Gasteiger partial charge on any atom is 0.224 e. The van der Waals surface area contributed by atoms with Crippen LogP contribution in [-0.4, -0.2) is 11.9 Å². The van der Waals surface area contributed by atoms with Crippen molar-refractivity contribution in [1.29, 1.82) is 0 Å². The highest BCUT2D eigenvalue weighted by molar-refractivity contribution is 9.10. The molecule has 5 heteroatoms. The molecular formula is C12H16BrFN2O. The summed E-state index contributed by atoms with van der Waals surface area (Å²) in [7, 11) is 0. The van der Waals surface area contributed by atoms with Gasteiger partial charge in [-0.1, -0.05) is 15.9 Å². The first-order valence-corrected chi connectivity index (χ1v) is 6.29. The molecule has 1 atom stereocenters. The largest absolute Gasteiger partial charge is 0.328 e. The van der Waals surface area contributed by atoms with Gasteiger partial charge >= 0.3 is 0 Å². The number of nitrogens with two attached hydrogens (primary N) is 1. The molecule has 1 rings (SSSR count). The molecule has 1 amide bonds. The van der Waals surface area contributed by atoms with Gasteiger partial charge in [-0.3, -0.25) is 4.79 Å². The molecule has 0 saturated carbocycles. The van der Waals surface area contributed by atoms with Crippen LogP contribution in [0.15, 0.2) is 22.7 Å². The monoisotopic (exact) mass is 302 g/mol. The number of benzene rings is 1. The van der Waals surface area contributed by atoms with Crippen LogP contribution in [0, 0.1) is 5.82 Å². The lowest BCUT2D eigenvalue weighted by Gasteiger charge is -2.07. The van der Waals surface area contributed by atoms with E-state index in [1.807, 2.05) is 6.92 Å². The Morgan fingerprint density at radius 3 is 2.94 bits per heavy atom. The van der Waals surface area contributed by atoms with Crippen molar-refractivity contribution in [1.82, 2.24) is 0 Å². The summed E-state index contributed by atoms with van der Waals surface area (Å²) in [6.45, 7) is 1.89. The number of hydrogen-bond acceptors (Lipinski definition) is 2. The Morgan fingerprint density at radius 2 is 2.29 bits per heavy atom. The summed E-state index contributed by atoms with van der Waals surface area (Å²) in [5, 5.41) is 2.54. The van der Waals surface area contributed by atoms with Crippen molar-refractivity contribution in [2.75, 3.05) is 5.32 Å². The minimum Gasteiger partial charge on any atom is -0.328 e. The molecule has 3 N–H and O–H groups in total. The first-order valence-electron chi connectivity index (χ1n) is 5.49. The van der Waals surface area contributed by atoms with Gasteiger partial charge in [0.25, 0.3) is 0 Å².